The Morgan fingerprint density at radius 1 is 1.24 bits per heavy atom. The molecular formula is C15H29N3O2S. The number of sulfonamides is 1. The molecule has 1 aromatic rings. The Kier molecular flexibility index (Phi) is 6.90. The first-order valence-electron chi connectivity index (χ1n) is 7.72. The number of hydrogen-bond donors (Lipinski definition) is 2. The Bertz CT molecular complexity index is 535. The van der Waals surface area contributed by atoms with E-state index in [0.29, 0.717) is 17.4 Å². The summed E-state index contributed by atoms with van der Waals surface area (Å²) in [5, 5.41) is 3.23. The fraction of sp³-hybridized carbons (Fsp3) is 0.733. The summed E-state index contributed by atoms with van der Waals surface area (Å²) in [4.78, 5) is 0.354. The van der Waals surface area contributed by atoms with Crippen molar-refractivity contribution >= 4 is 10.0 Å². The summed E-state index contributed by atoms with van der Waals surface area (Å²) >= 11 is 0. The zero-order valence-corrected chi connectivity index (χ0v) is 14.6. The second-order valence-corrected chi connectivity index (χ2v) is 7.60. The van der Waals surface area contributed by atoms with E-state index < -0.39 is 10.0 Å². The third kappa shape index (κ3) is 5.45. The van der Waals surface area contributed by atoms with Crippen molar-refractivity contribution in [3.63, 3.8) is 0 Å². The molecule has 0 saturated carbocycles. The lowest BCUT2D eigenvalue weighted by molar-refractivity contribution is 0.482. The van der Waals surface area contributed by atoms with Crippen LogP contribution in [0.15, 0.2) is 17.2 Å². The summed E-state index contributed by atoms with van der Waals surface area (Å²) in [6, 6.07) is 1.70. The van der Waals surface area contributed by atoms with Gasteiger partial charge in [0, 0.05) is 31.0 Å². The highest BCUT2D eigenvalue weighted by Crippen LogP contribution is 2.16. The van der Waals surface area contributed by atoms with Crippen LogP contribution < -0.4 is 10.0 Å². The molecule has 0 aliphatic rings. The third-order valence-electron chi connectivity index (χ3n) is 3.35. The van der Waals surface area contributed by atoms with E-state index in [1.165, 1.54) is 0 Å². The lowest BCUT2D eigenvalue weighted by Crippen LogP contribution is -2.33. The van der Waals surface area contributed by atoms with Crippen LogP contribution in [0.4, 0.5) is 0 Å². The third-order valence-corrected chi connectivity index (χ3v) is 4.91. The molecule has 5 nitrogen and oxygen atoms in total. The fourth-order valence-electron chi connectivity index (χ4n) is 2.46. The summed E-state index contributed by atoms with van der Waals surface area (Å²) in [6.07, 6.45) is 2.55. The highest BCUT2D eigenvalue weighted by atomic mass is 32.2. The fourth-order valence-corrected chi connectivity index (χ4v) is 3.78. The largest absolute Gasteiger partial charge is 0.349 e. The van der Waals surface area contributed by atoms with E-state index in [2.05, 4.69) is 23.9 Å². The minimum absolute atomic E-state index is 0.0582. The van der Waals surface area contributed by atoms with Gasteiger partial charge in [0.2, 0.25) is 10.0 Å². The molecule has 1 aromatic heterocycles. The van der Waals surface area contributed by atoms with Crippen molar-refractivity contribution < 1.29 is 8.42 Å². The highest BCUT2D eigenvalue weighted by Gasteiger charge is 2.20. The van der Waals surface area contributed by atoms with E-state index in [1.807, 2.05) is 25.3 Å². The Labute approximate surface area is 129 Å². The second kappa shape index (κ2) is 7.96. The van der Waals surface area contributed by atoms with Crippen molar-refractivity contribution in [3.05, 3.63) is 18.0 Å². The molecular weight excluding hydrogens is 286 g/mol. The number of nitrogens with zero attached hydrogens (tertiary/aromatic N) is 1. The lowest BCUT2D eigenvalue weighted by atomic mass is 10.1. The van der Waals surface area contributed by atoms with Gasteiger partial charge in [-0.2, -0.15) is 0 Å². The molecule has 1 unspecified atom stereocenters. The van der Waals surface area contributed by atoms with Crippen molar-refractivity contribution in [2.75, 3.05) is 6.54 Å². The first kappa shape index (κ1) is 18.2. The van der Waals surface area contributed by atoms with Crippen LogP contribution in [0.5, 0.6) is 0 Å². The van der Waals surface area contributed by atoms with Crippen molar-refractivity contribution in [2.45, 2.75) is 65.1 Å². The van der Waals surface area contributed by atoms with Crippen LogP contribution >= 0.6 is 0 Å². The van der Waals surface area contributed by atoms with Gasteiger partial charge in [-0.15, -0.1) is 0 Å². The average molecular weight is 315 g/mol. The zero-order chi connectivity index (χ0) is 16.0. The molecule has 0 radical (unpaired) electrons. The van der Waals surface area contributed by atoms with Gasteiger partial charge in [0.15, 0.2) is 0 Å². The monoisotopic (exact) mass is 315 g/mol. The summed E-state index contributed by atoms with van der Waals surface area (Å²) < 4.78 is 29.6. The standard InChI is InChI=1S/C15H29N3O2S/c1-6-16-10-14-9-15(11-18(14)7-2)21(19,20)17-13(5)8-12(3)4/h9,11-13,16-17H,6-8,10H2,1-5H3. The highest BCUT2D eigenvalue weighted by molar-refractivity contribution is 7.89. The minimum atomic E-state index is -3.44. The van der Waals surface area contributed by atoms with E-state index >= 15 is 0 Å². The van der Waals surface area contributed by atoms with Gasteiger partial charge in [-0.05, 0) is 38.8 Å². The maximum absolute atomic E-state index is 12.4. The maximum atomic E-state index is 12.4. The minimum Gasteiger partial charge on any atom is -0.349 e. The molecule has 1 heterocycles. The van der Waals surface area contributed by atoms with Crippen molar-refractivity contribution in [1.82, 2.24) is 14.6 Å². The lowest BCUT2D eigenvalue weighted by Gasteiger charge is -2.15. The van der Waals surface area contributed by atoms with Gasteiger partial charge >= 0.3 is 0 Å². The topological polar surface area (TPSA) is 63.1 Å². The molecule has 0 amide bonds. The molecule has 2 N–H and O–H groups in total. The second-order valence-electron chi connectivity index (χ2n) is 5.89. The van der Waals surface area contributed by atoms with Gasteiger partial charge in [0.25, 0.3) is 0 Å². The van der Waals surface area contributed by atoms with E-state index in [1.54, 1.807) is 12.3 Å². The van der Waals surface area contributed by atoms with Gasteiger partial charge in [0.1, 0.15) is 0 Å². The van der Waals surface area contributed by atoms with Crippen LogP contribution in [0.1, 0.15) is 46.7 Å². The van der Waals surface area contributed by atoms with Crippen molar-refractivity contribution in [1.29, 1.82) is 0 Å². The number of nitrogens with one attached hydrogen (secondary N) is 2. The van der Waals surface area contributed by atoms with Gasteiger partial charge in [0.05, 0.1) is 4.90 Å². The Hall–Kier alpha value is -0.850. The molecule has 0 saturated heterocycles. The predicted molar refractivity (Wildman–Crippen MR) is 86.7 cm³/mol. The Morgan fingerprint density at radius 2 is 1.90 bits per heavy atom. The summed E-state index contributed by atoms with van der Waals surface area (Å²) in [5.74, 6) is 0.465. The van der Waals surface area contributed by atoms with E-state index in [4.69, 9.17) is 0 Å². The normalized spacial score (nSPS) is 13.8. The predicted octanol–water partition coefficient (Wildman–Crippen LogP) is 2.33. The van der Waals surface area contributed by atoms with E-state index in [0.717, 1.165) is 25.2 Å². The molecule has 0 aliphatic carbocycles. The molecule has 0 fully saturated rings. The summed E-state index contributed by atoms with van der Waals surface area (Å²) in [7, 11) is -3.44. The zero-order valence-electron chi connectivity index (χ0n) is 13.8. The molecule has 0 bridgehead atoms. The van der Waals surface area contributed by atoms with Gasteiger partial charge < -0.3 is 9.88 Å². The maximum Gasteiger partial charge on any atom is 0.242 e. The molecule has 1 atom stereocenters. The van der Waals surface area contributed by atoms with Crippen LogP contribution in [0.25, 0.3) is 0 Å². The van der Waals surface area contributed by atoms with Crippen LogP contribution in [0.3, 0.4) is 0 Å². The van der Waals surface area contributed by atoms with Gasteiger partial charge in [-0.25, -0.2) is 13.1 Å². The molecule has 1 rings (SSSR count). The molecule has 0 spiro atoms. The Morgan fingerprint density at radius 3 is 2.43 bits per heavy atom. The van der Waals surface area contributed by atoms with E-state index in [9.17, 15) is 8.42 Å². The number of rotatable bonds is 9. The van der Waals surface area contributed by atoms with Crippen molar-refractivity contribution in [2.24, 2.45) is 5.92 Å². The molecule has 122 valence electrons. The van der Waals surface area contributed by atoms with Crippen LogP contribution in [-0.2, 0) is 23.1 Å². The number of aromatic nitrogens is 1. The van der Waals surface area contributed by atoms with Gasteiger partial charge in [-0.1, -0.05) is 20.8 Å². The first-order valence-corrected chi connectivity index (χ1v) is 9.20. The van der Waals surface area contributed by atoms with E-state index in [-0.39, 0.29) is 6.04 Å². The van der Waals surface area contributed by atoms with Crippen LogP contribution in [0.2, 0.25) is 0 Å². The van der Waals surface area contributed by atoms with Crippen molar-refractivity contribution in [3.8, 4) is 0 Å². The number of hydrogen-bond acceptors (Lipinski definition) is 3. The average Bonchev–Trinajstić information content (AvgIpc) is 2.78. The smallest absolute Gasteiger partial charge is 0.242 e. The van der Waals surface area contributed by atoms with Gasteiger partial charge in [-0.3, -0.25) is 0 Å². The summed E-state index contributed by atoms with van der Waals surface area (Å²) in [5.41, 5.74) is 0.997. The quantitative estimate of drug-likeness (QED) is 0.735. The molecule has 21 heavy (non-hydrogen) atoms. The molecule has 6 heteroatoms. The van der Waals surface area contributed by atoms with Crippen LogP contribution in [-0.4, -0.2) is 25.6 Å². The van der Waals surface area contributed by atoms with Crippen LogP contribution in [0, 0.1) is 5.92 Å². The SMILES string of the molecule is CCNCc1cc(S(=O)(=O)NC(C)CC(C)C)cn1CC. The molecule has 0 aromatic carbocycles. The summed E-state index contributed by atoms with van der Waals surface area (Å²) in [6.45, 7) is 12.4. The Balaban J connectivity index is 2.90. The first-order chi connectivity index (χ1) is 9.80. The number of aryl methyl sites for hydroxylation is 1. The molecule has 0 aliphatic heterocycles.